The van der Waals surface area contributed by atoms with Crippen LogP contribution in [-0.2, 0) is 0 Å². The number of rotatable bonds is 2. The summed E-state index contributed by atoms with van der Waals surface area (Å²) in [6, 6.07) is 9.24. The minimum atomic E-state index is -1.45. The lowest BCUT2D eigenvalue weighted by atomic mass is 9.99. The normalized spacial score (nSPS) is 10.9. The number of aromatic carboxylic acids is 2. The minimum absolute atomic E-state index is 0.124. The number of carboxylic acids is 2. The van der Waals surface area contributed by atoms with Gasteiger partial charge in [0.2, 0.25) is 0 Å². The quantitative estimate of drug-likeness (QED) is 0.624. The smallest absolute Gasteiger partial charge is 0.337 e. The monoisotopic (exact) mass is 283 g/mol. The van der Waals surface area contributed by atoms with Crippen LogP contribution in [0.25, 0.3) is 21.8 Å². The number of H-pyrrole nitrogens is 1. The highest BCUT2D eigenvalue weighted by Crippen LogP contribution is 2.21. The zero-order chi connectivity index (χ0) is 15.1. The number of aromatic nitrogens is 1. The predicted molar refractivity (Wildman–Crippen MR) is 76.0 cm³/mol. The highest BCUT2D eigenvalue weighted by molar-refractivity contribution is 6.12. The van der Waals surface area contributed by atoms with E-state index in [1.165, 1.54) is 12.1 Å². The molecular formula is C15H9NO5. The molecule has 0 bridgehead atoms. The van der Waals surface area contributed by atoms with Crippen molar-refractivity contribution in [2.75, 3.05) is 0 Å². The van der Waals surface area contributed by atoms with Crippen LogP contribution >= 0.6 is 0 Å². The molecule has 3 rings (SSSR count). The summed E-state index contributed by atoms with van der Waals surface area (Å²) in [5.74, 6) is -2.83. The molecule has 0 aliphatic carbocycles. The first-order valence-electron chi connectivity index (χ1n) is 6.05. The van der Waals surface area contributed by atoms with Crippen LogP contribution in [-0.4, -0.2) is 27.1 Å². The summed E-state index contributed by atoms with van der Waals surface area (Å²) in [4.78, 5) is 38.0. The summed E-state index contributed by atoms with van der Waals surface area (Å²) >= 11 is 0. The Balaban J connectivity index is 2.61. The van der Waals surface area contributed by atoms with Crippen molar-refractivity contribution in [3.8, 4) is 0 Å². The third-order valence-electron chi connectivity index (χ3n) is 3.32. The van der Waals surface area contributed by atoms with E-state index in [-0.39, 0.29) is 5.39 Å². The molecule has 0 saturated carbocycles. The van der Waals surface area contributed by atoms with E-state index >= 15 is 0 Å². The van der Waals surface area contributed by atoms with Gasteiger partial charge in [-0.15, -0.1) is 0 Å². The zero-order valence-electron chi connectivity index (χ0n) is 10.6. The molecule has 6 nitrogen and oxygen atoms in total. The van der Waals surface area contributed by atoms with E-state index in [0.717, 1.165) is 0 Å². The van der Waals surface area contributed by atoms with Gasteiger partial charge in [0.1, 0.15) is 0 Å². The number of para-hydroxylation sites is 1. The Bertz CT molecular complexity index is 971. The average Bonchev–Trinajstić information content (AvgIpc) is 2.46. The van der Waals surface area contributed by atoms with E-state index in [2.05, 4.69) is 4.98 Å². The number of aromatic amines is 1. The van der Waals surface area contributed by atoms with Crippen molar-refractivity contribution in [3.63, 3.8) is 0 Å². The first-order chi connectivity index (χ1) is 10.0. The van der Waals surface area contributed by atoms with Gasteiger partial charge in [-0.1, -0.05) is 12.1 Å². The fraction of sp³-hybridized carbons (Fsp3) is 0. The van der Waals surface area contributed by atoms with Gasteiger partial charge in [0, 0.05) is 10.9 Å². The molecule has 1 aromatic heterocycles. The molecule has 3 N–H and O–H groups in total. The maximum absolute atomic E-state index is 12.5. The number of carboxylic acid groups (broad SMARTS) is 2. The maximum Gasteiger partial charge on any atom is 0.337 e. The molecule has 6 heteroatoms. The van der Waals surface area contributed by atoms with Gasteiger partial charge in [-0.05, 0) is 24.3 Å². The SMILES string of the molecule is O=C(O)c1ccc2[nH]c3ccccc3c(=O)c2c1C(=O)O. The molecule has 2 aromatic carbocycles. The van der Waals surface area contributed by atoms with Crippen molar-refractivity contribution in [2.45, 2.75) is 0 Å². The number of fused-ring (bicyclic) bond motifs is 2. The van der Waals surface area contributed by atoms with Crippen molar-refractivity contribution in [1.29, 1.82) is 0 Å². The van der Waals surface area contributed by atoms with Gasteiger partial charge in [0.15, 0.2) is 5.43 Å². The number of pyridine rings is 1. The Morgan fingerprint density at radius 2 is 1.62 bits per heavy atom. The van der Waals surface area contributed by atoms with E-state index in [9.17, 15) is 19.5 Å². The second-order valence-electron chi connectivity index (χ2n) is 4.52. The van der Waals surface area contributed by atoms with Crippen molar-refractivity contribution in [1.82, 2.24) is 4.98 Å². The van der Waals surface area contributed by atoms with Crippen LogP contribution in [0.2, 0.25) is 0 Å². The van der Waals surface area contributed by atoms with Gasteiger partial charge in [-0.25, -0.2) is 9.59 Å². The second-order valence-corrected chi connectivity index (χ2v) is 4.52. The number of benzene rings is 2. The highest BCUT2D eigenvalue weighted by atomic mass is 16.4. The van der Waals surface area contributed by atoms with Crippen LogP contribution < -0.4 is 5.43 Å². The fourth-order valence-corrected chi connectivity index (χ4v) is 2.41. The molecule has 0 spiro atoms. The third kappa shape index (κ3) is 1.85. The predicted octanol–water partition coefficient (Wildman–Crippen LogP) is 2.08. The molecule has 0 radical (unpaired) electrons. The minimum Gasteiger partial charge on any atom is -0.478 e. The number of nitrogens with one attached hydrogen (secondary N) is 1. The lowest BCUT2D eigenvalue weighted by Crippen LogP contribution is -2.15. The third-order valence-corrected chi connectivity index (χ3v) is 3.32. The molecule has 3 aromatic rings. The Labute approximate surface area is 117 Å². The second kappa shape index (κ2) is 4.45. The Morgan fingerprint density at radius 3 is 2.29 bits per heavy atom. The van der Waals surface area contributed by atoms with E-state index in [1.807, 2.05) is 0 Å². The zero-order valence-corrected chi connectivity index (χ0v) is 10.6. The van der Waals surface area contributed by atoms with Crippen molar-refractivity contribution < 1.29 is 19.8 Å². The van der Waals surface area contributed by atoms with Gasteiger partial charge in [0.05, 0.1) is 22.0 Å². The lowest BCUT2D eigenvalue weighted by molar-refractivity contribution is 0.0653. The summed E-state index contributed by atoms with van der Waals surface area (Å²) < 4.78 is 0. The molecule has 21 heavy (non-hydrogen) atoms. The van der Waals surface area contributed by atoms with Crippen molar-refractivity contribution in [2.24, 2.45) is 0 Å². The topological polar surface area (TPSA) is 107 Å². The molecule has 0 aliphatic heterocycles. The first-order valence-corrected chi connectivity index (χ1v) is 6.05. The Hall–Kier alpha value is -3.15. The van der Waals surface area contributed by atoms with Crippen LogP contribution in [0.15, 0.2) is 41.2 Å². The van der Waals surface area contributed by atoms with E-state index in [1.54, 1.807) is 24.3 Å². The number of hydrogen-bond donors (Lipinski definition) is 3. The van der Waals surface area contributed by atoms with Crippen LogP contribution in [0.4, 0.5) is 0 Å². The maximum atomic E-state index is 12.5. The van der Waals surface area contributed by atoms with Crippen molar-refractivity contribution >= 4 is 33.7 Å². The number of carbonyl (C=O) groups is 2. The molecule has 0 fully saturated rings. The summed E-state index contributed by atoms with van der Waals surface area (Å²) in [7, 11) is 0. The largest absolute Gasteiger partial charge is 0.478 e. The average molecular weight is 283 g/mol. The molecule has 0 amide bonds. The summed E-state index contributed by atoms with van der Waals surface area (Å²) in [5.41, 5.74) is -0.543. The van der Waals surface area contributed by atoms with Gasteiger partial charge < -0.3 is 15.2 Å². The van der Waals surface area contributed by atoms with E-state index in [0.29, 0.717) is 16.4 Å². The Morgan fingerprint density at radius 1 is 0.905 bits per heavy atom. The van der Waals surface area contributed by atoms with Crippen LogP contribution in [0.3, 0.4) is 0 Å². The van der Waals surface area contributed by atoms with E-state index < -0.39 is 28.5 Å². The van der Waals surface area contributed by atoms with E-state index in [4.69, 9.17) is 5.11 Å². The lowest BCUT2D eigenvalue weighted by Gasteiger charge is -2.08. The van der Waals surface area contributed by atoms with Gasteiger partial charge in [-0.3, -0.25) is 4.79 Å². The molecule has 0 aliphatic rings. The van der Waals surface area contributed by atoms with Gasteiger partial charge >= 0.3 is 11.9 Å². The van der Waals surface area contributed by atoms with Crippen molar-refractivity contribution in [3.05, 3.63) is 57.7 Å². The van der Waals surface area contributed by atoms with Crippen LogP contribution in [0, 0.1) is 0 Å². The molecule has 104 valence electrons. The molecule has 0 unspecified atom stereocenters. The fourth-order valence-electron chi connectivity index (χ4n) is 2.41. The first kappa shape index (κ1) is 12.9. The Kier molecular flexibility index (Phi) is 2.72. The highest BCUT2D eigenvalue weighted by Gasteiger charge is 2.22. The molecule has 0 saturated heterocycles. The molecule has 1 heterocycles. The summed E-state index contributed by atoms with van der Waals surface area (Å²) in [5, 5.41) is 18.6. The molecule has 0 atom stereocenters. The van der Waals surface area contributed by atoms with Crippen LogP contribution in [0.5, 0.6) is 0 Å². The summed E-state index contributed by atoms with van der Waals surface area (Å²) in [6.45, 7) is 0. The standard InChI is InChI=1S/C15H9NO5/c17-13-7-3-1-2-4-9(7)16-10-6-5-8(14(18)19)11(12(10)13)15(20)21/h1-6H,(H,16,17)(H,18,19)(H,20,21). The van der Waals surface area contributed by atoms with Gasteiger partial charge in [-0.2, -0.15) is 0 Å². The number of hydrogen-bond acceptors (Lipinski definition) is 3. The summed E-state index contributed by atoms with van der Waals surface area (Å²) in [6.07, 6.45) is 0. The van der Waals surface area contributed by atoms with Crippen LogP contribution in [0.1, 0.15) is 20.7 Å². The van der Waals surface area contributed by atoms with Gasteiger partial charge in [0.25, 0.3) is 0 Å². The molecular weight excluding hydrogens is 274 g/mol.